The summed E-state index contributed by atoms with van der Waals surface area (Å²) >= 11 is 0. The first kappa shape index (κ1) is 3.54. The summed E-state index contributed by atoms with van der Waals surface area (Å²) in [5.41, 5.74) is 0. The molecule has 1 fully saturated rings. The second kappa shape index (κ2) is 1.21. The van der Waals surface area contributed by atoms with Gasteiger partial charge in [-0.25, -0.2) is 0 Å². The van der Waals surface area contributed by atoms with E-state index in [0.717, 1.165) is 0 Å². The van der Waals surface area contributed by atoms with Crippen LogP contribution in [0.4, 0.5) is 0 Å². The van der Waals surface area contributed by atoms with Gasteiger partial charge in [-0.05, 0) is 6.55 Å². The van der Waals surface area contributed by atoms with Crippen LogP contribution in [0.1, 0.15) is 0 Å². The molecule has 1 aliphatic heterocycles. The highest BCUT2D eigenvalue weighted by molar-refractivity contribution is 6.77. The number of nitrogens with one attached hydrogen (secondary N) is 2. The fraction of sp³-hybridized carbons (Fsp3) is 1.00. The Kier molecular flexibility index (Phi) is 0.859. The van der Waals surface area contributed by atoms with Crippen LogP contribution < -0.4 is 9.30 Å². The zero-order chi connectivity index (χ0) is 3.70. The molecule has 0 aromatic carbocycles. The summed E-state index contributed by atoms with van der Waals surface area (Å²) in [6.07, 6.45) is 0. The summed E-state index contributed by atoms with van der Waals surface area (Å²) in [6, 6.07) is 0. The predicted octanol–water partition coefficient (Wildman–Crippen LogP) is -1.97. The molecule has 0 aromatic heterocycles. The van der Waals surface area contributed by atoms with Gasteiger partial charge >= 0.3 is 0 Å². The first-order valence-electron chi connectivity index (χ1n) is 1.86. The van der Waals surface area contributed by atoms with E-state index in [1.165, 1.54) is 0 Å². The summed E-state index contributed by atoms with van der Waals surface area (Å²) in [7, 11) is -0.288. The number of hydrogen-bond acceptors (Lipinski definition) is 2. The third-order valence-electron chi connectivity index (χ3n) is 0.816. The molecule has 1 aliphatic rings. The second-order valence-corrected chi connectivity index (χ2v) is 6.37. The van der Waals surface area contributed by atoms with E-state index in [1.54, 1.807) is 0 Å². The van der Waals surface area contributed by atoms with E-state index < -0.39 is 9.12 Å². The summed E-state index contributed by atoms with van der Waals surface area (Å²) in [5, 5.41) is 0. The van der Waals surface area contributed by atoms with E-state index in [4.69, 9.17) is 0 Å². The smallest absolute Gasteiger partial charge is 0.169 e. The quantitative estimate of drug-likeness (QED) is 0.348. The molecule has 0 amide bonds. The van der Waals surface area contributed by atoms with E-state index >= 15 is 0 Å². The maximum Gasteiger partial charge on any atom is 0.169 e. The van der Waals surface area contributed by atoms with Gasteiger partial charge in [-0.15, -0.1) is 0 Å². The van der Waals surface area contributed by atoms with Crippen molar-refractivity contribution in [3.63, 3.8) is 0 Å². The van der Waals surface area contributed by atoms with Crippen molar-refractivity contribution in [2.75, 3.05) is 0 Å². The van der Waals surface area contributed by atoms with Crippen LogP contribution in [0, 0.1) is 0 Å². The summed E-state index contributed by atoms with van der Waals surface area (Å²) < 4.78 is 6.75. The van der Waals surface area contributed by atoms with Crippen molar-refractivity contribution in [2.24, 2.45) is 0 Å². The Morgan fingerprint density at radius 2 is 2.00 bits per heavy atom. The highest BCUT2D eigenvalue weighted by Gasteiger charge is 2.08. The van der Waals surface area contributed by atoms with E-state index in [-0.39, 0.29) is 9.84 Å². The van der Waals surface area contributed by atoms with Gasteiger partial charge in [0, 0.05) is 0 Å². The molecule has 2 nitrogen and oxygen atoms in total. The Balaban J connectivity index is 2.08. The molecule has 0 saturated carbocycles. The third kappa shape index (κ3) is 0.597. The average molecular weight is 104 g/mol. The topological polar surface area (TPSA) is 24.1 Å². The molecule has 0 aliphatic carbocycles. The molecule has 0 atom stereocenters. The van der Waals surface area contributed by atoms with Crippen LogP contribution in [-0.4, -0.2) is 19.0 Å². The molecule has 1 saturated heterocycles. The van der Waals surface area contributed by atoms with Crippen molar-refractivity contribution in [3.05, 3.63) is 0 Å². The van der Waals surface area contributed by atoms with Gasteiger partial charge in [0.15, 0.2) is 19.0 Å². The van der Waals surface area contributed by atoms with Gasteiger partial charge in [0.05, 0.1) is 0 Å². The molecule has 2 N–H and O–H groups in total. The molecular formula is CH8N2Si2. The Morgan fingerprint density at radius 1 is 1.60 bits per heavy atom. The van der Waals surface area contributed by atoms with Crippen LogP contribution >= 0.6 is 0 Å². The Labute approximate surface area is 35.7 Å². The van der Waals surface area contributed by atoms with Gasteiger partial charge in [0.2, 0.25) is 0 Å². The molecule has 0 radical (unpaired) electrons. The van der Waals surface area contributed by atoms with Crippen molar-refractivity contribution < 1.29 is 0 Å². The van der Waals surface area contributed by atoms with Gasteiger partial charge in [-0.2, -0.15) is 0 Å². The lowest BCUT2D eigenvalue weighted by molar-refractivity contribution is 1.22. The lowest BCUT2D eigenvalue weighted by atomic mass is 11.9. The van der Waals surface area contributed by atoms with E-state index in [9.17, 15) is 0 Å². The minimum absolute atomic E-state index is 0.119. The van der Waals surface area contributed by atoms with Gasteiger partial charge in [-0.1, -0.05) is 0 Å². The standard InChI is InChI=1S/CH8N2Si2/c1-5-2-4-3-5/h2-3,5H,4H2,1H3. The van der Waals surface area contributed by atoms with E-state index in [1.807, 2.05) is 0 Å². The minimum atomic E-state index is -0.407. The van der Waals surface area contributed by atoms with Gasteiger partial charge in [0.1, 0.15) is 0 Å². The van der Waals surface area contributed by atoms with Crippen molar-refractivity contribution in [2.45, 2.75) is 6.55 Å². The van der Waals surface area contributed by atoms with Crippen molar-refractivity contribution >= 4 is 19.0 Å². The summed E-state index contributed by atoms with van der Waals surface area (Å²) in [4.78, 5) is 0. The van der Waals surface area contributed by atoms with Crippen molar-refractivity contribution in [3.8, 4) is 0 Å². The zero-order valence-corrected chi connectivity index (χ0v) is 5.85. The average Bonchev–Trinajstić information content (AvgIpc) is 1.30. The Morgan fingerprint density at radius 3 is 2.00 bits per heavy atom. The molecule has 0 unspecified atom stereocenters. The lowest BCUT2D eigenvalue weighted by Crippen LogP contribution is -2.64. The first-order valence-corrected chi connectivity index (χ1v) is 5.59. The van der Waals surface area contributed by atoms with Crippen LogP contribution in [0.5, 0.6) is 0 Å². The maximum absolute atomic E-state index is 3.38. The van der Waals surface area contributed by atoms with Crippen LogP contribution in [0.2, 0.25) is 6.55 Å². The minimum Gasteiger partial charge on any atom is -0.344 e. The first-order chi connectivity index (χ1) is 2.39. The maximum atomic E-state index is 3.38. The normalized spacial score (nSPS) is 41.4. The van der Waals surface area contributed by atoms with Crippen LogP contribution in [-0.2, 0) is 0 Å². The van der Waals surface area contributed by atoms with Gasteiger partial charge in [-0.3, -0.25) is 0 Å². The van der Waals surface area contributed by atoms with Crippen molar-refractivity contribution in [1.82, 2.24) is 9.30 Å². The lowest BCUT2D eigenvalue weighted by Gasteiger charge is -2.22. The highest BCUT2D eigenvalue weighted by Crippen LogP contribution is 1.69. The fourth-order valence-electron chi connectivity index (χ4n) is 0.306. The van der Waals surface area contributed by atoms with Crippen LogP contribution in [0.15, 0.2) is 0 Å². The monoisotopic (exact) mass is 104 g/mol. The highest BCUT2D eigenvalue weighted by atomic mass is 28.4. The summed E-state index contributed by atoms with van der Waals surface area (Å²) in [6.45, 7) is 2.26. The molecule has 0 aromatic rings. The van der Waals surface area contributed by atoms with Crippen LogP contribution in [0.25, 0.3) is 0 Å². The van der Waals surface area contributed by atoms with Crippen LogP contribution in [0.3, 0.4) is 0 Å². The third-order valence-corrected chi connectivity index (χ3v) is 7.35. The van der Waals surface area contributed by atoms with Crippen molar-refractivity contribution in [1.29, 1.82) is 0 Å². The molecular weight excluding hydrogens is 96.2 g/mol. The molecule has 4 heteroatoms. The number of hydrogen-bond donors (Lipinski definition) is 2. The molecule has 5 heavy (non-hydrogen) atoms. The molecule has 1 heterocycles. The molecule has 0 spiro atoms. The molecule has 1 rings (SSSR count). The molecule has 0 bridgehead atoms. The van der Waals surface area contributed by atoms with E-state index in [2.05, 4.69) is 15.8 Å². The molecule has 30 valence electrons. The SMILES string of the molecule is C[SiH]1N[SiH2]N1. The zero-order valence-electron chi connectivity index (χ0n) is 3.28. The van der Waals surface area contributed by atoms with Gasteiger partial charge in [0.25, 0.3) is 0 Å². The summed E-state index contributed by atoms with van der Waals surface area (Å²) in [5.74, 6) is 0. The fourth-order valence-corrected chi connectivity index (χ4v) is 2.76. The largest absolute Gasteiger partial charge is 0.344 e. The van der Waals surface area contributed by atoms with Gasteiger partial charge < -0.3 is 9.30 Å². The second-order valence-electron chi connectivity index (χ2n) is 1.31. The number of rotatable bonds is 0. The Hall–Kier alpha value is 0.354. The predicted molar refractivity (Wildman–Crippen MR) is 27.8 cm³/mol. The Bertz CT molecular complexity index is 34.6. The van der Waals surface area contributed by atoms with E-state index in [0.29, 0.717) is 0 Å².